The van der Waals surface area contributed by atoms with Crippen molar-refractivity contribution < 1.29 is 51.9 Å². The number of halogens is 3. The van der Waals surface area contributed by atoms with Crippen LogP contribution in [0.3, 0.4) is 0 Å². The monoisotopic (exact) mass is 756 g/mol. The SMILES string of the molecule is C=C(CO)C(=O)OCCOc1cc(OCCOC(=O)C(C)CO)cc(-c2ccc(C3=CC=C(C4CCC(CCCCC(F)(F)F)CC4)CC3)cc2CC)c1. The Bertz CT molecular complexity index is 1620. The fraction of sp³-hybridized carbons (Fsp3) is 0.535. The Morgan fingerprint density at radius 1 is 0.870 bits per heavy atom. The number of allylic oxidation sites excluding steroid dienone is 4. The molecule has 11 heteroatoms. The molecule has 2 N–H and O–H groups in total. The second-order valence-corrected chi connectivity index (χ2v) is 14.3. The van der Waals surface area contributed by atoms with Gasteiger partial charge in [-0.2, -0.15) is 13.2 Å². The van der Waals surface area contributed by atoms with Gasteiger partial charge in [0.1, 0.15) is 37.9 Å². The molecule has 8 nitrogen and oxygen atoms in total. The van der Waals surface area contributed by atoms with E-state index in [1.54, 1.807) is 13.0 Å². The van der Waals surface area contributed by atoms with Crippen LogP contribution in [-0.4, -0.2) is 68.0 Å². The van der Waals surface area contributed by atoms with E-state index in [0.29, 0.717) is 29.8 Å². The number of alkyl halides is 3. The second kappa shape index (κ2) is 21.1. The lowest BCUT2D eigenvalue weighted by molar-refractivity contribution is -0.150. The number of unbranched alkanes of at least 4 members (excludes halogenated alkanes) is 1. The summed E-state index contributed by atoms with van der Waals surface area (Å²) in [5.74, 6) is 0.245. The van der Waals surface area contributed by atoms with Gasteiger partial charge in [0.2, 0.25) is 0 Å². The van der Waals surface area contributed by atoms with Crippen molar-refractivity contribution in [2.75, 3.05) is 39.6 Å². The summed E-state index contributed by atoms with van der Waals surface area (Å²) in [6, 6.07) is 12.0. The summed E-state index contributed by atoms with van der Waals surface area (Å²) >= 11 is 0. The van der Waals surface area contributed by atoms with Crippen LogP contribution in [0.25, 0.3) is 16.7 Å². The highest BCUT2D eigenvalue weighted by atomic mass is 19.4. The number of hydrogen-bond donors (Lipinski definition) is 2. The van der Waals surface area contributed by atoms with Gasteiger partial charge in [-0.3, -0.25) is 4.79 Å². The van der Waals surface area contributed by atoms with Crippen molar-refractivity contribution in [3.05, 3.63) is 77.4 Å². The topological polar surface area (TPSA) is 112 Å². The number of aliphatic hydroxyl groups is 2. The fourth-order valence-corrected chi connectivity index (χ4v) is 7.06. The third-order valence-corrected chi connectivity index (χ3v) is 10.3. The van der Waals surface area contributed by atoms with Crippen LogP contribution in [-0.2, 0) is 25.5 Å². The molecule has 2 aliphatic carbocycles. The average Bonchev–Trinajstić information content (AvgIpc) is 3.18. The smallest absolute Gasteiger partial charge is 0.389 e. The molecule has 1 fully saturated rings. The zero-order valence-corrected chi connectivity index (χ0v) is 31.6. The van der Waals surface area contributed by atoms with Crippen LogP contribution in [0.4, 0.5) is 13.2 Å². The van der Waals surface area contributed by atoms with Crippen LogP contribution in [0.1, 0.15) is 89.2 Å². The molecule has 0 radical (unpaired) electrons. The molecule has 0 heterocycles. The van der Waals surface area contributed by atoms with Gasteiger partial charge < -0.3 is 29.2 Å². The molecule has 0 bridgehead atoms. The van der Waals surface area contributed by atoms with Crippen LogP contribution < -0.4 is 9.47 Å². The quantitative estimate of drug-likeness (QED) is 0.0783. The van der Waals surface area contributed by atoms with Crippen molar-refractivity contribution in [1.82, 2.24) is 0 Å². The molecule has 2 aromatic rings. The normalized spacial score (nSPS) is 17.9. The summed E-state index contributed by atoms with van der Waals surface area (Å²) in [6.45, 7) is 6.46. The highest BCUT2D eigenvalue weighted by Crippen LogP contribution is 2.41. The van der Waals surface area contributed by atoms with Gasteiger partial charge in [0.05, 0.1) is 24.7 Å². The van der Waals surface area contributed by atoms with Crippen molar-refractivity contribution >= 4 is 17.5 Å². The van der Waals surface area contributed by atoms with E-state index in [4.69, 9.17) is 24.1 Å². The van der Waals surface area contributed by atoms with E-state index in [1.165, 1.54) is 16.7 Å². The van der Waals surface area contributed by atoms with Gasteiger partial charge in [-0.25, -0.2) is 4.79 Å². The highest BCUT2D eigenvalue weighted by molar-refractivity contribution is 5.87. The fourth-order valence-electron chi connectivity index (χ4n) is 7.06. The van der Waals surface area contributed by atoms with Gasteiger partial charge in [-0.05, 0) is 110 Å². The van der Waals surface area contributed by atoms with Crippen LogP contribution in [0.15, 0.2) is 66.3 Å². The molecular weight excluding hydrogens is 701 g/mol. The maximum atomic E-state index is 12.5. The number of esters is 2. The first kappa shape index (κ1) is 42.6. The number of hydrogen-bond acceptors (Lipinski definition) is 8. The first-order valence-electron chi connectivity index (χ1n) is 19.1. The Hall–Kier alpha value is -4.09. The summed E-state index contributed by atoms with van der Waals surface area (Å²) in [4.78, 5) is 23.8. The number of ether oxygens (including phenoxy) is 4. The number of carbonyl (C=O) groups is 2. The summed E-state index contributed by atoms with van der Waals surface area (Å²) in [5, 5.41) is 18.3. The Balaban J connectivity index is 1.43. The minimum atomic E-state index is -4.05. The maximum Gasteiger partial charge on any atom is 0.389 e. The van der Waals surface area contributed by atoms with Crippen LogP contribution in [0.2, 0.25) is 0 Å². The average molecular weight is 757 g/mol. The van der Waals surface area contributed by atoms with E-state index in [-0.39, 0.29) is 45.0 Å². The molecule has 0 aromatic heterocycles. The van der Waals surface area contributed by atoms with Crippen LogP contribution in [0.5, 0.6) is 11.5 Å². The van der Waals surface area contributed by atoms with Crippen molar-refractivity contribution in [2.24, 2.45) is 17.8 Å². The molecule has 54 heavy (non-hydrogen) atoms. The standard InChI is InChI=1S/C43H55F3O8/c1-4-32-23-36(35-14-12-34(13-15-35)33-10-8-31(9-11-33)7-5-6-18-43(44,45)46)16-17-40(32)37-24-38(51-19-21-53-41(49)29(2)27-47)26-39(25-37)52-20-22-54-42(50)30(3)28-48/h12,14,16-17,23-26,30-31,33,47-48H,2,4-11,13,15,18-22,27-28H2,1,3H3. The number of aliphatic hydroxyl groups excluding tert-OH is 2. The second-order valence-electron chi connectivity index (χ2n) is 14.3. The molecule has 0 amide bonds. The Labute approximate surface area is 317 Å². The minimum absolute atomic E-state index is 0.00405. The lowest BCUT2D eigenvalue weighted by Gasteiger charge is -2.31. The molecule has 0 aliphatic heterocycles. The predicted octanol–water partition coefficient (Wildman–Crippen LogP) is 8.97. The summed E-state index contributed by atoms with van der Waals surface area (Å²) in [5.41, 5.74) is 6.90. The van der Waals surface area contributed by atoms with Gasteiger partial charge >= 0.3 is 18.1 Å². The number of rotatable bonds is 20. The zero-order chi connectivity index (χ0) is 39.1. The van der Waals surface area contributed by atoms with Crippen molar-refractivity contribution in [2.45, 2.75) is 90.7 Å². The third-order valence-electron chi connectivity index (χ3n) is 10.3. The van der Waals surface area contributed by atoms with E-state index in [9.17, 15) is 27.9 Å². The third kappa shape index (κ3) is 13.3. The summed E-state index contributed by atoms with van der Waals surface area (Å²) in [6.07, 6.45) is 8.74. The van der Waals surface area contributed by atoms with E-state index in [2.05, 4.69) is 43.9 Å². The molecule has 4 rings (SSSR count). The molecule has 1 atom stereocenters. The van der Waals surface area contributed by atoms with Gasteiger partial charge in [0.15, 0.2) is 0 Å². The molecule has 2 aromatic carbocycles. The molecule has 296 valence electrons. The summed E-state index contributed by atoms with van der Waals surface area (Å²) < 4.78 is 59.7. The highest BCUT2D eigenvalue weighted by Gasteiger charge is 2.28. The number of benzene rings is 2. The van der Waals surface area contributed by atoms with Crippen LogP contribution >= 0.6 is 0 Å². The Morgan fingerprint density at radius 3 is 2.15 bits per heavy atom. The molecular formula is C43H55F3O8. The van der Waals surface area contributed by atoms with Gasteiger partial charge in [-0.1, -0.05) is 62.3 Å². The van der Waals surface area contributed by atoms with E-state index >= 15 is 0 Å². The van der Waals surface area contributed by atoms with Crippen molar-refractivity contribution in [1.29, 1.82) is 0 Å². The minimum Gasteiger partial charge on any atom is -0.490 e. The van der Waals surface area contributed by atoms with E-state index in [1.807, 2.05) is 12.1 Å². The number of carbonyl (C=O) groups excluding carboxylic acids is 2. The van der Waals surface area contributed by atoms with Crippen molar-refractivity contribution in [3.63, 3.8) is 0 Å². The summed E-state index contributed by atoms with van der Waals surface area (Å²) in [7, 11) is 0. The molecule has 2 aliphatic rings. The molecule has 0 spiro atoms. The molecule has 1 unspecified atom stereocenters. The maximum absolute atomic E-state index is 12.5. The first-order chi connectivity index (χ1) is 25.9. The van der Waals surface area contributed by atoms with Gasteiger partial charge in [-0.15, -0.1) is 0 Å². The molecule has 1 saturated carbocycles. The zero-order valence-electron chi connectivity index (χ0n) is 31.6. The van der Waals surface area contributed by atoms with E-state index < -0.39 is 37.1 Å². The number of aryl methyl sites for hydroxylation is 1. The van der Waals surface area contributed by atoms with Gasteiger partial charge in [0.25, 0.3) is 0 Å². The lowest BCUT2D eigenvalue weighted by Crippen LogP contribution is -2.20. The van der Waals surface area contributed by atoms with Crippen LogP contribution in [0, 0.1) is 17.8 Å². The van der Waals surface area contributed by atoms with Crippen molar-refractivity contribution in [3.8, 4) is 22.6 Å². The lowest BCUT2D eigenvalue weighted by atomic mass is 9.74. The molecule has 0 saturated heterocycles. The first-order valence-corrected chi connectivity index (χ1v) is 19.1. The largest absolute Gasteiger partial charge is 0.490 e. The Morgan fingerprint density at radius 2 is 1.56 bits per heavy atom. The van der Waals surface area contributed by atoms with Gasteiger partial charge in [0, 0.05) is 12.5 Å². The van der Waals surface area contributed by atoms with E-state index in [0.717, 1.165) is 68.1 Å². The predicted molar refractivity (Wildman–Crippen MR) is 202 cm³/mol. The Kier molecular flexibility index (Phi) is 16.7.